The Morgan fingerprint density at radius 1 is 1.27 bits per heavy atom. The molecule has 2 aromatic heterocycles. The van der Waals surface area contributed by atoms with Crippen molar-refractivity contribution in [1.82, 2.24) is 19.9 Å². The predicted molar refractivity (Wildman–Crippen MR) is 117 cm³/mol. The van der Waals surface area contributed by atoms with E-state index in [0.717, 1.165) is 17.0 Å². The lowest BCUT2D eigenvalue weighted by Gasteiger charge is -2.39. The summed E-state index contributed by atoms with van der Waals surface area (Å²) in [5, 5.41) is 2.99. The number of anilines is 3. The number of methoxy groups -OCH3 is 1. The van der Waals surface area contributed by atoms with Crippen LogP contribution in [0.5, 0.6) is 5.75 Å². The van der Waals surface area contributed by atoms with Crippen molar-refractivity contribution in [3.05, 3.63) is 42.1 Å². The fourth-order valence-electron chi connectivity index (χ4n) is 3.64. The van der Waals surface area contributed by atoms with Gasteiger partial charge < -0.3 is 25.6 Å². The predicted octanol–water partition coefficient (Wildman–Crippen LogP) is 2.67. The van der Waals surface area contributed by atoms with Crippen molar-refractivity contribution < 1.29 is 9.53 Å². The Balaban J connectivity index is 1.46. The summed E-state index contributed by atoms with van der Waals surface area (Å²) in [5.74, 6) is 1.68. The molecule has 0 spiro atoms. The summed E-state index contributed by atoms with van der Waals surface area (Å²) in [7, 11) is 1.62. The third kappa shape index (κ3) is 3.78. The van der Waals surface area contributed by atoms with Crippen molar-refractivity contribution in [1.29, 1.82) is 0 Å². The molecule has 1 aromatic carbocycles. The van der Waals surface area contributed by atoms with Gasteiger partial charge in [-0.1, -0.05) is 0 Å². The Labute approximate surface area is 174 Å². The normalized spacial score (nSPS) is 16.6. The summed E-state index contributed by atoms with van der Waals surface area (Å²) in [6.07, 6.45) is 1.67. The number of hydrogen-bond acceptors (Lipinski definition) is 7. The molecule has 3 heterocycles. The number of nitrogens with two attached hydrogens (primary N) is 1. The number of nitrogen functional groups attached to an aromatic ring is 1. The second-order valence-corrected chi connectivity index (χ2v) is 7.38. The number of aryl methyl sites for hydroxylation is 1. The molecule has 3 aromatic rings. The van der Waals surface area contributed by atoms with Crippen LogP contribution in [0.2, 0.25) is 0 Å². The van der Waals surface area contributed by atoms with E-state index in [1.807, 2.05) is 44.2 Å². The number of ether oxygens (including phenoxy) is 1. The number of fused-ring (bicyclic) bond motifs is 1. The number of carbonyl (C=O) groups excluding carboxylic acids is 1. The molecule has 2 amide bonds. The highest BCUT2D eigenvalue weighted by molar-refractivity contribution is 5.90. The number of aromatic nitrogens is 3. The van der Waals surface area contributed by atoms with E-state index in [-0.39, 0.29) is 12.1 Å². The second-order valence-electron chi connectivity index (χ2n) is 7.38. The van der Waals surface area contributed by atoms with Crippen LogP contribution in [0.1, 0.15) is 12.5 Å². The third-order valence-corrected chi connectivity index (χ3v) is 5.32. The molecule has 0 saturated carbocycles. The Bertz CT molecular complexity index is 1090. The highest BCUT2D eigenvalue weighted by atomic mass is 16.5. The van der Waals surface area contributed by atoms with E-state index in [4.69, 9.17) is 10.5 Å². The van der Waals surface area contributed by atoms with E-state index in [0.29, 0.717) is 42.4 Å². The van der Waals surface area contributed by atoms with Gasteiger partial charge in [0.25, 0.3) is 0 Å². The molecule has 3 N–H and O–H groups in total. The summed E-state index contributed by atoms with van der Waals surface area (Å²) in [5.41, 5.74) is 9.11. The van der Waals surface area contributed by atoms with Gasteiger partial charge in [0.15, 0.2) is 5.82 Å². The molecular weight excluding hydrogens is 382 g/mol. The molecule has 1 fully saturated rings. The van der Waals surface area contributed by atoms with E-state index < -0.39 is 0 Å². The van der Waals surface area contributed by atoms with Crippen LogP contribution in [0.4, 0.5) is 22.2 Å². The highest BCUT2D eigenvalue weighted by Gasteiger charge is 2.29. The molecule has 156 valence electrons. The van der Waals surface area contributed by atoms with Gasteiger partial charge in [0.2, 0.25) is 5.95 Å². The molecule has 30 heavy (non-hydrogen) atoms. The average molecular weight is 407 g/mol. The number of hydrogen-bond donors (Lipinski definition) is 2. The zero-order chi connectivity index (χ0) is 21.3. The van der Waals surface area contributed by atoms with Crippen LogP contribution in [0.15, 0.2) is 36.5 Å². The Morgan fingerprint density at radius 2 is 2.10 bits per heavy atom. The van der Waals surface area contributed by atoms with E-state index >= 15 is 0 Å². The zero-order valence-corrected chi connectivity index (χ0v) is 17.3. The molecule has 0 bridgehead atoms. The molecule has 4 rings (SSSR count). The number of amides is 2. The zero-order valence-electron chi connectivity index (χ0n) is 17.3. The number of urea groups is 1. The number of carbonyl (C=O) groups is 1. The van der Waals surface area contributed by atoms with Gasteiger partial charge in [0.05, 0.1) is 12.6 Å². The summed E-state index contributed by atoms with van der Waals surface area (Å²) >= 11 is 0. The molecule has 0 aliphatic carbocycles. The Kier molecular flexibility index (Phi) is 5.26. The first kappa shape index (κ1) is 19.7. The van der Waals surface area contributed by atoms with Crippen LogP contribution in [0.25, 0.3) is 11.0 Å². The molecule has 1 aliphatic heterocycles. The summed E-state index contributed by atoms with van der Waals surface area (Å²) in [6.45, 7) is 5.70. The van der Waals surface area contributed by atoms with Gasteiger partial charge >= 0.3 is 6.03 Å². The van der Waals surface area contributed by atoms with E-state index in [2.05, 4.69) is 25.2 Å². The molecule has 0 radical (unpaired) electrons. The van der Waals surface area contributed by atoms with Crippen LogP contribution in [-0.4, -0.2) is 58.7 Å². The van der Waals surface area contributed by atoms with Crippen molar-refractivity contribution in [2.45, 2.75) is 19.9 Å². The molecule has 9 heteroatoms. The maximum Gasteiger partial charge on any atom is 0.321 e. The van der Waals surface area contributed by atoms with Gasteiger partial charge in [0.1, 0.15) is 11.3 Å². The monoisotopic (exact) mass is 407 g/mol. The first-order chi connectivity index (χ1) is 14.5. The Hall–Kier alpha value is -3.62. The van der Waals surface area contributed by atoms with Gasteiger partial charge in [-0.15, -0.1) is 0 Å². The lowest BCUT2D eigenvalue weighted by Crippen LogP contribution is -2.55. The van der Waals surface area contributed by atoms with Crippen molar-refractivity contribution >= 4 is 34.5 Å². The van der Waals surface area contributed by atoms with Gasteiger partial charge in [-0.2, -0.15) is 4.98 Å². The molecule has 1 atom stereocenters. The molecule has 1 aliphatic rings. The highest BCUT2D eigenvalue weighted by Crippen LogP contribution is 2.24. The number of pyridine rings is 1. The quantitative estimate of drug-likeness (QED) is 0.687. The lowest BCUT2D eigenvalue weighted by molar-refractivity contribution is 0.199. The molecule has 0 unspecified atom stereocenters. The number of piperazine rings is 1. The van der Waals surface area contributed by atoms with Crippen molar-refractivity contribution in [2.75, 3.05) is 42.7 Å². The van der Waals surface area contributed by atoms with Gasteiger partial charge in [-0.05, 0) is 49.7 Å². The van der Waals surface area contributed by atoms with Gasteiger partial charge in [-0.3, -0.25) is 4.98 Å². The van der Waals surface area contributed by atoms with E-state index in [1.165, 1.54) is 0 Å². The number of nitrogens with one attached hydrogen (secondary N) is 1. The van der Waals surface area contributed by atoms with Crippen molar-refractivity contribution in [3.63, 3.8) is 0 Å². The minimum absolute atomic E-state index is 0.0370. The number of nitrogens with zero attached hydrogens (tertiary/aromatic N) is 5. The fraction of sp³-hybridized carbons (Fsp3) is 0.333. The van der Waals surface area contributed by atoms with Crippen LogP contribution >= 0.6 is 0 Å². The molecular formula is C21H25N7O2. The summed E-state index contributed by atoms with van der Waals surface area (Å²) in [4.78, 5) is 30.0. The average Bonchev–Trinajstić information content (AvgIpc) is 2.75. The van der Waals surface area contributed by atoms with Gasteiger partial charge in [-0.25, -0.2) is 9.78 Å². The minimum atomic E-state index is -0.127. The van der Waals surface area contributed by atoms with Crippen LogP contribution in [0, 0.1) is 6.92 Å². The minimum Gasteiger partial charge on any atom is -0.497 e. The second kappa shape index (κ2) is 8.02. The SMILES string of the molecule is COc1ccc(NC(=O)N2CCN(c3nc(N)c4ncccc4n3)[C@@H](C)C2)c(C)c1. The smallest absolute Gasteiger partial charge is 0.321 e. The number of benzene rings is 1. The maximum atomic E-state index is 12.8. The maximum absolute atomic E-state index is 12.8. The third-order valence-electron chi connectivity index (χ3n) is 5.32. The van der Waals surface area contributed by atoms with Crippen molar-refractivity contribution in [3.8, 4) is 5.75 Å². The van der Waals surface area contributed by atoms with Crippen molar-refractivity contribution in [2.24, 2.45) is 0 Å². The van der Waals surface area contributed by atoms with Crippen LogP contribution in [-0.2, 0) is 0 Å². The topological polar surface area (TPSA) is 110 Å². The lowest BCUT2D eigenvalue weighted by atomic mass is 10.2. The van der Waals surface area contributed by atoms with Gasteiger partial charge in [0, 0.05) is 37.6 Å². The van der Waals surface area contributed by atoms with E-state index in [1.54, 1.807) is 18.2 Å². The number of rotatable bonds is 3. The first-order valence-electron chi connectivity index (χ1n) is 9.81. The van der Waals surface area contributed by atoms with Crippen LogP contribution in [0.3, 0.4) is 0 Å². The Morgan fingerprint density at radius 3 is 2.83 bits per heavy atom. The summed E-state index contributed by atoms with van der Waals surface area (Å²) < 4.78 is 5.22. The first-order valence-corrected chi connectivity index (χ1v) is 9.81. The summed E-state index contributed by atoms with van der Waals surface area (Å²) in [6, 6.07) is 9.19. The largest absolute Gasteiger partial charge is 0.497 e. The molecule has 9 nitrogen and oxygen atoms in total. The van der Waals surface area contributed by atoms with Crippen LogP contribution < -0.4 is 20.7 Å². The standard InChI is InChI=1S/C21H25N7O2/c1-13-11-15(30-3)6-7-16(13)25-21(29)27-9-10-28(14(2)12-27)20-24-17-5-4-8-23-18(17)19(22)26-20/h4-8,11,14H,9-10,12H2,1-3H3,(H,25,29)(H2,22,24,26)/t14-/m0/s1. The fourth-order valence-corrected chi connectivity index (χ4v) is 3.64. The van der Waals surface area contributed by atoms with E-state index in [9.17, 15) is 4.79 Å². The molecule has 1 saturated heterocycles.